The zero-order chi connectivity index (χ0) is 19.1. The fourth-order valence-corrected chi connectivity index (χ4v) is 3.99. The van der Waals surface area contributed by atoms with Gasteiger partial charge in [0.15, 0.2) is 11.2 Å². The number of ether oxygens (including phenoxy) is 2. The van der Waals surface area contributed by atoms with Crippen LogP contribution in [0.25, 0.3) is 5.57 Å². The third-order valence-electron chi connectivity index (χ3n) is 5.24. The highest BCUT2D eigenvalue weighted by Gasteiger charge is 2.69. The van der Waals surface area contributed by atoms with Crippen LogP contribution in [-0.2, 0) is 23.9 Å². The highest BCUT2D eigenvalue weighted by Crippen LogP contribution is 2.62. The van der Waals surface area contributed by atoms with Gasteiger partial charge in [-0.1, -0.05) is 35.9 Å². The maximum absolute atomic E-state index is 12.7. The summed E-state index contributed by atoms with van der Waals surface area (Å²) in [4.78, 5) is 37.4. The molecule has 1 aromatic rings. The van der Waals surface area contributed by atoms with E-state index in [2.05, 4.69) is 0 Å². The zero-order valence-corrected chi connectivity index (χ0v) is 15.4. The maximum Gasteiger partial charge on any atom is 0.323 e. The van der Waals surface area contributed by atoms with Crippen LogP contribution < -0.4 is 0 Å². The van der Waals surface area contributed by atoms with Crippen molar-refractivity contribution in [3.8, 4) is 0 Å². The predicted octanol–water partition coefficient (Wildman–Crippen LogP) is 3.10. The van der Waals surface area contributed by atoms with Gasteiger partial charge in [0.2, 0.25) is 0 Å². The Labute approximate surface area is 152 Å². The van der Waals surface area contributed by atoms with Gasteiger partial charge in [-0.25, -0.2) is 0 Å². The van der Waals surface area contributed by atoms with Crippen LogP contribution >= 0.6 is 0 Å². The van der Waals surface area contributed by atoms with Gasteiger partial charge in [0.1, 0.15) is 0 Å². The average Bonchev–Trinajstić information content (AvgIpc) is 3.30. The summed E-state index contributed by atoms with van der Waals surface area (Å²) in [5.41, 5.74) is 2.85. The zero-order valence-electron chi connectivity index (χ0n) is 15.4. The van der Waals surface area contributed by atoms with Crippen LogP contribution in [0.2, 0.25) is 0 Å². The number of methoxy groups -OCH3 is 2. The molecule has 3 rings (SSSR count). The molecular formula is C21H22O5. The van der Waals surface area contributed by atoms with Crippen molar-refractivity contribution in [2.24, 2.45) is 11.3 Å². The number of carbonyl (C=O) groups is 3. The Morgan fingerprint density at radius 1 is 1.04 bits per heavy atom. The van der Waals surface area contributed by atoms with Crippen LogP contribution in [0.1, 0.15) is 32.3 Å². The second-order valence-electron chi connectivity index (χ2n) is 6.95. The van der Waals surface area contributed by atoms with Crippen LogP contribution in [0, 0.1) is 11.3 Å². The molecule has 0 radical (unpaired) electrons. The molecule has 1 atom stereocenters. The Morgan fingerprint density at radius 3 is 2.12 bits per heavy atom. The van der Waals surface area contributed by atoms with Gasteiger partial charge in [-0.2, -0.15) is 0 Å². The first-order valence-corrected chi connectivity index (χ1v) is 8.54. The smallest absolute Gasteiger partial charge is 0.323 e. The molecule has 1 aromatic carbocycles. The lowest BCUT2D eigenvalue weighted by Crippen LogP contribution is -2.30. The van der Waals surface area contributed by atoms with Gasteiger partial charge in [0, 0.05) is 17.9 Å². The molecular weight excluding hydrogens is 332 g/mol. The Bertz CT molecular complexity index is 824. The maximum atomic E-state index is 12.7. The Balaban J connectivity index is 2.17. The van der Waals surface area contributed by atoms with Crippen molar-refractivity contribution < 1.29 is 23.9 Å². The minimum absolute atomic E-state index is 0.0226. The van der Waals surface area contributed by atoms with Gasteiger partial charge in [-0.3, -0.25) is 14.4 Å². The normalized spacial score (nSPS) is 20.8. The molecule has 1 fully saturated rings. The Morgan fingerprint density at radius 2 is 1.62 bits per heavy atom. The molecule has 26 heavy (non-hydrogen) atoms. The second kappa shape index (κ2) is 6.56. The van der Waals surface area contributed by atoms with Gasteiger partial charge in [0.25, 0.3) is 0 Å². The van der Waals surface area contributed by atoms with E-state index in [1.54, 1.807) is 0 Å². The number of hydrogen-bond donors (Lipinski definition) is 0. The average molecular weight is 354 g/mol. The van der Waals surface area contributed by atoms with Crippen molar-refractivity contribution in [2.45, 2.75) is 26.7 Å². The number of benzene rings is 1. The van der Waals surface area contributed by atoms with Gasteiger partial charge < -0.3 is 9.47 Å². The first kappa shape index (κ1) is 18.1. The van der Waals surface area contributed by atoms with Crippen LogP contribution in [0.5, 0.6) is 0 Å². The first-order chi connectivity index (χ1) is 12.4. The number of allylic oxidation sites excluding steroid dienone is 4. The molecule has 0 N–H and O–H groups in total. The summed E-state index contributed by atoms with van der Waals surface area (Å²) in [7, 11) is 2.52. The molecule has 2 aliphatic rings. The van der Waals surface area contributed by atoms with Crippen LogP contribution in [-0.4, -0.2) is 31.9 Å². The molecule has 0 spiro atoms. The molecule has 2 aliphatic carbocycles. The largest absolute Gasteiger partial charge is 0.468 e. The molecule has 0 bridgehead atoms. The third-order valence-corrected chi connectivity index (χ3v) is 5.24. The lowest BCUT2D eigenvalue weighted by molar-refractivity contribution is -0.161. The molecule has 0 aromatic heterocycles. The molecule has 5 heteroatoms. The summed E-state index contributed by atoms with van der Waals surface area (Å²) in [5, 5.41) is 0. The van der Waals surface area contributed by atoms with Crippen molar-refractivity contribution in [2.75, 3.05) is 14.2 Å². The van der Waals surface area contributed by atoms with E-state index in [9.17, 15) is 14.4 Å². The molecule has 136 valence electrons. The molecule has 0 heterocycles. The highest BCUT2D eigenvalue weighted by molar-refractivity contribution is 6.18. The minimum Gasteiger partial charge on any atom is -0.468 e. The standard InChI is InChI=1S/C21H22O5/c1-12(2)17-16(22)10-14(18(17)13-8-6-5-7-9-13)15-11-21(15,19(23)25-3)20(24)26-4/h5-9,15H,10-11H2,1-4H3. The van der Waals surface area contributed by atoms with E-state index in [0.717, 1.165) is 22.3 Å². The van der Waals surface area contributed by atoms with E-state index < -0.39 is 17.4 Å². The SMILES string of the molecule is COC(=O)C1(C(=O)OC)CC1C1=C(c2ccccc2)C(=C(C)C)C(=O)C1. The third kappa shape index (κ3) is 2.59. The quantitative estimate of drug-likeness (QED) is 0.472. The number of Topliss-reactive ketones (excluding diaryl/α,β-unsaturated/α-hetero) is 1. The lowest BCUT2D eigenvalue weighted by Gasteiger charge is -2.14. The fraction of sp³-hybridized carbons (Fsp3) is 0.381. The fourth-order valence-electron chi connectivity index (χ4n) is 3.99. The van der Waals surface area contributed by atoms with Crippen LogP contribution in [0.3, 0.4) is 0 Å². The van der Waals surface area contributed by atoms with E-state index in [0.29, 0.717) is 12.0 Å². The van der Waals surface area contributed by atoms with Gasteiger partial charge in [0.05, 0.1) is 14.2 Å². The summed E-state index contributed by atoms with van der Waals surface area (Å²) < 4.78 is 9.75. The molecule has 1 saturated carbocycles. The van der Waals surface area contributed by atoms with E-state index in [-0.39, 0.29) is 18.1 Å². The van der Waals surface area contributed by atoms with Crippen LogP contribution in [0.4, 0.5) is 0 Å². The summed E-state index contributed by atoms with van der Waals surface area (Å²) in [6.07, 6.45) is 0.520. The van der Waals surface area contributed by atoms with E-state index >= 15 is 0 Å². The molecule has 0 aliphatic heterocycles. The first-order valence-electron chi connectivity index (χ1n) is 8.54. The van der Waals surface area contributed by atoms with Gasteiger partial charge in [-0.15, -0.1) is 0 Å². The Kier molecular flexibility index (Phi) is 4.57. The van der Waals surface area contributed by atoms with Gasteiger partial charge >= 0.3 is 11.9 Å². The van der Waals surface area contributed by atoms with Crippen LogP contribution in [0.15, 0.2) is 47.1 Å². The molecule has 0 amide bonds. The summed E-state index contributed by atoms with van der Waals surface area (Å²) in [6, 6.07) is 9.61. The highest BCUT2D eigenvalue weighted by atomic mass is 16.5. The summed E-state index contributed by atoms with van der Waals surface area (Å²) in [5.74, 6) is -1.56. The van der Waals surface area contributed by atoms with Crippen molar-refractivity contribution >= 4 is 23.3 Å². The summed E-state index contributed by atoms with van der Waals surface area (Å²) in [6.45, 7) is 3.81. The van der Waals surface area contributed by atoms with E-state index in [4.69, 9.17) is 9.47 Å². The van der Waals surface area contributed by atoms with Gasteiger partial charge in [-0.05, 0) is 37.0 Å². The molecule has 1 unspecified atom stereocenters. The minimum atomic E-state index is -1.34. The number of ketones is 1. The monoisotopic (exact) mass is 354 g/mol. The second-order valence-corrected chi connectivity index (χ2v) is 6.95. The van der Waals surface area contributed by atoms with E-state index in [1.165, 1.54) is 14.2 Å². The number of hydrogen-bond acceptors (Lipinski definition) is 5. The number of esters is 2. The van der Waals surface area contributed by atoms with E-state index in [1.807, 2.05) is 44.2 Å². The summed E-state index contributed by atoms with van der Waals surface area (Å²) >= 11 is 0. The number of rotatable bonds is 4. The van der Waals surface area contributed by atoms with Crippen molar-refractivity contribution in [3.05, 3.63) is 52.6 Å². The van der Waals surface area contributed by atoms with Crippen molar-refractivity contribution in [3.63, 3.8) is 0 Å². The lowest BCUT2D eigenvalue weighted by atomic mass is 9.91. The Hall–Kier alpha value is -2.69. The predicted molar refractivity (Wildman–Crippen MR) is 95.9 cm³/mol. The molecule has 0 saturated heterocycles. The van der Waals surface area contributed by atoms with Crippen molar-refractivity contribution in [1.29, 1.82) is 0 Å². The molecule has 5 nitrogen and oxygen atoms in total. The topological polar surface area (TPSA) is 69.7 Å². The number of carbonyl (C=O) groups excluding carboxylic acids is 3. The van der Waals surface area contributed by atoms with Crippen molar-refractivity contribution in [1.82, 2.24) is 0 Å².